The Bertz CT molecular complexity index is 249. The number of nitrogens with one attached hydrogen (secondary N) is 1. The minimum Gasteiger partial charge on any atom is -0.338 e. The predicted molar refractivity (Wildman–Crippen MR) is 83.7 cm³/mol. The molecule has 0 spiro atoms. The monoisotopic (exact) mass is 290 g/mol. The first-order valence-corrected chi connectivity index (χ1v) is 9.22. The van der Waals surface area contributed by atoms with Crippen LogP contribution in [0.3, 0.4) is 0 Å². The lowest BCUT2D eigenvalue weighted by atomic mass is 10.1. The number of nitrogens with zero attached hydrogens (tertiary/aromatic N) is 1. The zero-order valence-corrected chi connectivity index (χ0v) is 13.4. The fourth-order valence-electron chi connectivity index (χ4n) is 1.94. The fraction of sp³-hybridized carbons (Fsp3) is 0.923. The Morgan fingerprint density at radius 2 is 2.28 bits per heavy atom. The van der Waals surface area contributed by atoms with E-state index in [4.69, 9.17) is 0 Å². The number of carbonyl (C=O) groups is 1. The standard InChI is InChI=1S/C13H26N2OS2/c1-11(2)12-10-15(7-9-18-12)13(16)14-6-4-5-8-17-3/h11-12H,4-10H2,1-3H3,(H,14,16). The van der Waals surface area contributed by atoms with Gasteiger partial charge in [-0.1, -0.05) is 13.8 Å². The first-order chi connectivity index (χ1) is 8.65. The molecule has 1 aliphatic heterocycles. The van der Waals surface area contributed by atoms with Crippen molar-refractivity contribution in [2.45, 2.75) is 31.9 Å². The highest BCUT2D eigenvalue weighted by atomic mass is 32.2. The molecule has 1 rings (SSSR count). The van der Waals surface area contributed by atoms with Gasteiger partial charge >= 0.3 is 6.03 Å². The molecule has 106 valence electrons. The van der Waals surface area contributed by atoms with Gasteiger partial charge in [0.25, 0.3) is 0 Å². The van der Waals surface area contributed by atoms with E-state index < -0.39 is 0 Å². The van der Waals surface area contributed by atoms with Crippen molar-refractivity contribution in [3.05, 3.63) is 0 Å². The van der Waals surface area contributed by atoms with E-state index in [1.807, 2.05) is 28.4 Å². The summed E-state index contributed by atoms with van der Waals surface area (Å²) in [5.74, 6) is 2.90. The van der Waals surface area contributed by atoms with Crippen LogP contribution in [0.5, 0.6) is 0 Å². The zero-order valence-electron chi connectivity index (χ0n) is 11.8. The molecule has 1 fully saturated rings. The van der Waals surface area contributed by atoms with Crippen LogP contribution >= 0.6 is 23.5 Å². The van der Waals surface area contributed by atoms with E-state index in [9.17, 15) is 4.79 Å². The molecule has 0 aromatic heterocycles. The van der Waals surface area contributed by atoms with Gasteiger partial charge in [0.05, 0.1) is 0 Å². The average Bonchev–Trinajstić information content (AvgIpc) is 2.38. The SMILES string of the molecule is CSCCCCNC(=O)N1CCSC(C(C)C)C1. The molecule has 1 atom stereocenters. The van der Waals surface area contributed by atoms with Crippen molar-refractivity contribution in [1.29, 1.82) is 0 Å². The van der Waals surface area contributed by atoms with Gasteiger partial charge < -0.3 is 10.2 Å². The highest BCUT2D eigenvalue weighted by Gasteiger charge is 2.25. The van der Waals surface area contributed by atoms with Crippen LogP contribution in [0.4, 0.5) is 4.79 Å². The first-order valence-electron chi connectivity index (χ1n) is 6.78. The fourth-order valence-corrected chi connectivity index (χ4v) is 3.73. The van der Waals surface area contributed by atoms with Crippen molar-refractivity contribution in [3.63, 3.8) is 0 Å². The Morgan fingerprint density at radius 1 is 1.50 bits per heavy atom. The highest BCUT2D eigenvalue weighted by Crippen LogP contribution is 2.24. The Morgan fingerprint density at radius 3 is 2.94 bits per heavy atom. The average molecular weight is 290 g/mol. The Hall–Kier alpha value is -0.0300. The molecule has 5 heteroatoms. The summed E-state index contributed by atoms with van der Waals surface area (Å²) in [6.45, 7) is 7.09. The van der Waals surface area contributed by atoms with Crippen LogP contribution in [0.25, 0.3) is 0 Å². The third-order valence-corrected chi connectivity index (χ3v) is 5.41. The largest absolute Gasteiger partial charge is 0.338 e. The van der Waals surface area contributed by atoms with Crippen LogP contribution in [0, 0.1) is 5.92 Å². The maximum atomic E-state index is 12.0. The molecule has 1 unspecified atom stereocenters. The molecule has 0 aromatic carbocycles. The second-order valence-electron chi connectivity index (χ2n) is 5.03. The summed E-state index contributed by atoms with van der Waals surface area (Å²) in [4.78, 5) is 14.0. The minimum absolute atomic E-state index is 0.130. The number of unbranched alkanes of at least 4 members (excludes halogenated alkanes) is 1. The lowest BCUT2D eigenvalue weighted by molar-refractivity contribution is 0.197. The molecule has 18 heavy (non-hydrogen) atoms. The molecule has 3 nitrogen and oxygen atoms in total. The Labute approximate surface area is 120 Å². The molecule has 0 aliphatic carbocycles. The van der Waals surface area contributed by atoms with Crippen molar-refractivity contribution in [3.8, 4) is 0 Å². The summed E-state index contributed by atoms with van der Waals surface area (Å²) in [5, 5.41) is 3.64. The van der Waals surface area contributed by atoms with Gasteiger partial charge in [0.15, 0.2) is 0 Å². The van der Waals surface area contributed by atoms with Crippen molar-refractivity contribution >= 4 is 29.6 Å². The lowest BCUT2D eigenvalue weighted by Gasteiger charge is -2.34. The second kappa shape index (κ2) is 8.97. The summed E-state index contributed by atoms with van der Waals surface area (Å²) in [6.07, 6.45) is 4.39. The Balaban J connectivity index is 2.20. The van der Waals surface area contributed by atoms with Gasteiger partial charge in [-0.05, 0) is 30.8 Å². The van der Waals surface area contributed by atoms with E-state index in [1.54, 1.807) is 0 Å². The predicted octanol–water partition coefficient (Wildman–Crippen LogP) is 2.91. The third-order valence-electron chi connectivity index (χ3n) is 3.18. The number of urea groups is 1. The van der Waals surface area contributed by atoms with Crippen LogP contribution in [-0.2, 0) is 0 Å². The summed E-state index contributed by atoms with van der Waals surface area (Å²) < 4.78 is 0. The van der Waals surface area contributed by atoms with Crippen LogP contribution in [0.1, 0.15) is 26.7 Å². The third kappa shape index (κ3) is 5.74. The van der Waals surface area contributed by atoms with E-state index in [0.717, 1.165) is 31.8 Å². The van der Waals surface area contributed by atoms with Gasteiger partial charge in [0.2, 0.25) is 0 Å². The molecule has 0 saturated carbocycles. The quantitative estimate of drug-likeness (QED) is 0.763. The summed E-state index contributed by atoms with van der Waals surface area (Å²) in [6, 6.07) is 0.130. The van der Waals surface area contributed by atoms with E-state index in [1.165, 1.54) is 12.2 Å². The molecule has 1 saturated heterocycles. The van der Waals surface area contributed by atoms with E-state index in [-0.39, 0.29) is 6.03 Å². The van der Waals surface area contributed by atoms with Gasteiger partial charge in [-0.15, -0.1) is 0 Å². The molecule has 0 radical (unpaired) electrons. The number of amides is 2. The number of thioether (sulfide) groups is 2. The normalized spacial score (nSPS) is 20.2. The molecule has 1 aliphatic rings. The molecule has 0 aromatic rings. The smallest absolute Gasteiger partial charge is 0.317 e. The number of carbonyl (C=O) groups excluding carboxylic acids is 1. The van der Waals surface area contributed by atoms with Gasteiger partial charge in [0, 0.05) is 30.6 Å². The molecular weight excluding hydrogens is 264 g/mol. The number of rotatable bonds is 6. The lowest BCUT2D eigenvalue weighted by Crippen LogP contribution is -2.48. The topological polar surface area (TPSA) is 32.3 Å². The summed E-state index contributed by atoms with van der Waals surface area (Å²) in [7, 11) is 0. The van der Waals surface area contributed by atoms with Crippen molar-refractivity contribution in [2.75, 3.05) is 37.4 Å². The van der Waals surface area contributed by atoms with Crippen molar-refractivity contribution in [1.82, 2.24) is 10.2 Å². The van der Waals surface area contributed by atoms with E-state index >= 15 is 0 Å². The first kappa shape index (κ1) is 16.0. The minimum atomic E-state index is 0.130. The molecule has 1 heterocycles. The molecule has 1 N–H and O–H groups in total. The highest BCUT2D eigenvalue weighted by molar-refractivity contribution is 8.00. The van der Waals surface area contributed by atoms with Crippen LogP contribution < -0.4 is 5.32 Å². The maximum Gasteiger partial charge on any atom is 0.317 e. The van der Waals surface area contributed by atoms with E-state index in [0.29, 0.717) is 11.2 Å². The van der Waals surface area contributed by atoms with Crippen LogP contribution in [0.15, 0.2) is 0 Å². The number of hydrogen-bond donors (Lipinski definition) is 1. The molecule has 0 bridgehead atoms. The van der Waals surface area contributed by atoms with Gasteiger partial charge in [-0.25, -0.2) is 4.79 Å². The second-order valence-corrected chi connectivity index (χ2v) is 7.36. The van der Waals surface area contributed by atoms with Gasteiger partial charge in [-0.2, -0.15) is 23.5 Å². The van der Waals surface area contributed by atoms with Gasteiger partial charge in [-0.3, -0.25) is 0 Å². The number of hydrogen-bond acceptors (Lipinski definition) is 3. The Kier molecular flexibility index (Phi) is 7.98. The maximum absolute atomic E-state index is 12.0. The molecule has 2 amide bonds. The zero-order chi connectivity index (χ0) is 13.4. The van der Waals surface area contributed by atoms with Crippen molar-refractivity contribution < 1.29 is 4.79 Å². The van der Waals surface area contributed by atoms with E-state index in [2.05, 4.69) is 25.4 Å². The van der Waals surface area contributed by atoms with Crippen LogP contribution in [-0.4, -0.2) is 53.6 Å². The van der Waals surface area contributed by atoms with Crippen molar-refractivity contribution in [2.24, 2.45) is 5.92 Å². The summed E-state index contributed by atoms with van der Waals surface area (Å²) in [5.41, 5.74) is 0. The molecular formula is C13H26N2OS2. The van der Waals surface area contributed by atoms with Gasteiger partial charge in [0.1, 0.15) is 0 Å². The summed E-state index contributed by atoms with van der Waals surface area (Å²) >= 11 is 3.87. The van der Waals surface area contributed by atoms with Crippen LogP contribution in [0.2, 0.25) is 0 Å².